The van der Waals surface area contributed by atoms with Crippen LogP contribution in [0.1, 0.15) is 22.3 Å². The first-order chi connectivity index (χ1) is 8.60. The fourth-order valence-corrected chi connectivity index (χ4v) is 1.81. The van der Waals surface area contributed by atoms with Crippen molar-refractivity contribution >= 4 is 0 Å². The molecule has 1 heterocycles. The van der Waals surface area contributed by atoms with Gasteiger partial charge in [-0.3, -0.25) is 0 Å². The zero-order valence-corrected chi connectivity index (χ0v) is 11.0. The summed E-state index contributed by atoms with van der Waals surface area (Å²) >= 11 is 0. The summed E-state index contributed by atoms with van der Waals surface area (Å²) in [6.45, 7) is 6.69. The van der Waals surface area contributed by atoms with Crippen molar-refractivity contribution in [2.24, 2.45) is 5.73 Å². The van der Waals surface area contributed by atoms with Crippen LogP contribution in [0.5, 0.6) is 11.6 Å². The van der Waals surface area contributed by atoms with E-state index < -0.39 is 0 Å². The van der Waals surface area contributed by atoms with Gasteiger partial charge in [-0.2, -0.15) is 0 Å². The van der Waals surface area contributed by atoms with Crippen molar-refractivity contribution in [3.63, 3.8) is 0 Å². The van der Waals surface area contributed by atoms with Crippen LogP contribution in [0, 0.1) is 20.8 Å². The van der Waals surface area contributed by atoms with Crippen LogP contribution in [0.4, 0.5) is 0 Å². The van der Waals surface area contributed by atoms with Gasteiger partial charge in [0.1, 0.15) is 5.75 Å². The Morgan fingerprint density at radius 1 is 1.17 bits per heavy atom. The van der Waals surface area contributed by atoms with E-state index in [1.807, 2.05) is 18.2 Å². The predicted octanol–water partition coefficient (Wildman–Crippen LogP) is 3.26. The van der Waals surface area contributed by atoms with Gasteiger partial charge in [-0.25, -0.2) is 4.98 Å². The van der Waals surface area contributed by atoms with Crippen molar-refractivity contribution in [2.45, 2.75) is 27.3 Å². The third kappa shape index (κ3) is 2.68. The molecule has 0 saturated heterocycles. The van der Waals surface area contributed by atoms with E-state index in [0.29, 0.717) is 12.4 Å². The summed E-state index contributed by atoms with van der Waals surface area (Å²) in [5.74, 6) is 1.46. The van der Waals surface area contributed by atoms with E-state index in [1.54, 1.807) is 6.20 Å². The van der Waals surface area contributed by atoms with Crippen molar-refractivity contribution in [3.05, 3.63) is 52.7 Å². The van der Waals surface area contributed by atoms with Crippen LogP contribution >= 0.6 is 0 Å². The Morgan fingerprint density at radius 2 is 1.94 bits per heavy atom. The second-order valence-electron chi connectivity index (χ2n) is 4.52. The fourth-order valence-electron chi connectivity index (χ4n) is 1.81. The zero-order valence-electron chi connectivity index (χ0n) is 11.0. The number of pyridine rings is 1. The van der Waals surface area contributed by atoms with E-state index in [0.717, 1.165) is 16.9 Å². The van der Waals surface area contributed by atoms with Crippen LogP contribution in [0.15, 0.2) is 30.5 Å². The van der Waals surface area contributed by atoms with Crippen LogP contribution in [0.25, 0.3) is 0 Å². The Kier molecular flexibility index (Phi) is 3.63. The summed E-state index contributed by atoms with van der Waals surface area (Å²) in [6, 6.07) is 7.95. The molecule has 0 radical (unpaired) electrons. The number of aryl methyl sites for hydroxylation is 2. The summed E-state index contributed by atoms with van der Waals surface area (Å²) in [4.78, 5) is 4.24. The lowest BCUT2D eigenvalue weighted by Crippen LogP contribution is -1.98. The quantitative estimate of drug-likeness (QED) is 0.898. The summed E-state index contributed by atoms with van der Waals surface area (Å²) in [5.41, 5.74) is 10.1. The van der Waals surface area contributed by atoms with E-state index in [1.165, 1.54) is 11.1 Å². The second kappa shape index (κ2) is 5.19. The fraction of sp³-hybridized carbons (Fsp3) is 0.267. The number of benzene rings is 1. The van der Waals surface area contributed by atoms with Crippen LogP contribution in [-0.4, -0.2) is 4.98 Å². The van der Waals surface area contributed by atoms with Crippen molar-refractivity contribution in [3.8, 4) is 11.6 Å². The van der Waals surface area contributed by atoms with E-state index in [-0.39, 0.29) is 0 Å². The lowest BCUT2D eigenvalue weighted by atomic mass is 10.1. The number of nitrogens with two attached hydrogens (primary N) is 1. The van der Waals surface area contributed by atoms with Crippen LogP contribution < -0.4 is 10.5 Å². The third-order valence-corrected chi connectivity index (χ3v) is 3.01. The van der Waals surface area contributed by atoms with E-state index in [4.69, 9.17) is 10.5 Å². The zero-order chi connectivity index (χ0) is 13.1. The Hall–Kier alpha value is -1.87. The van der Waals surface area contributed by atoms with Crippen LogP contribution in [-0.2, 0) is 6.54 Å². The Balaban J connectivity index is 2.27. The lowest BCUT2D eigenvalue weighted by Gasteiger charge is -2.11. The van der Waals surface area contributed by atoms with Gasteiger partial charge < -0.3 is 10.5 Å². The highest BCUT2D eigenvalue weighted by Crippen LogP contribution is 2.27. The van der Waals surface area contributed by atoms with Gasteiger partial charge in [0, 0.05) is 18.8 Å². The maximum atomic E-state index is 5.82. The van der Waals surface area contributed by atoms with Crippen molar-refractivity contribution in [2.75, 3.05) is 0 Å². The van der Waals surface area contributed by atoms with Gasteiger partial charge in [0.05, 0.1) is 0 Å². The minimum Gasteiger partial charge on any atom is -0.439 e. The highest BCUT2D eigenvalue weighted by Gasteiger charge is 2.06. The number of rotatable bonds is 3. The van der Waals surface area contributed by atoms with E-state index in [9.17, 15) is 0 Å². The van der Waals surface area contributed by atoms with Gasteiger partial charge in [0.2, 0.25) is 5.88 Å². The smallest absolute Gasteiger partial charge is 0.219 e. The molecule has 3 heteroatoms. The number of aromatic nitrogens is 1. The first kappa shape index (κ1) is 12.6. The molecule has 0 aliphatic carbocycles. The van der Waals surface area contributed by atoms with Gasteiger partial charge in [-0.1, -0.05) is 12.1 Å². The highest BCUT2D eigenvalue weighted by atomic mass is 16.5. The minimum atomic E-state index is 0.496. The van der Waals surface area contributed by atoms with Gasteiger partial charge in [0.25, 0.3) is 0 Å². The molecular formula is C15H18N2O. The van der Waals surface area contributed by atoms with Gasteiger partial charge in [-0.15, -0.1) is 0 Å². The molecule has 0 aliphatic heterocycles. The third-order valence-electron chi connectivity index (χ3n) is 3.01. The van der Waals surface area contributed by atoms with Crippen molar-refractivity contribution in [1.82, 2.24) is 4.98 Å². The van der Waals surface area contributed by atoms with Crippen LogP contribution in [0.2, 0.25) is 0 Å². The molecule has 0 aliphatic rings. The number of nitrogens with zero attached hydrogens (tertiary/aromatic N) is 1. The number of hydrogen-bond donors (Lipinski definition) is 1. The molecule has 1 aromatic carbocycles. The molecule has 0 bridgehead atoms. The SMILES string of the molecule is Cc1cc(C)c(C)c(Oc2ccc(CN)cn2)c1. The first-order valence-corrected chi connectivity index (χ1v) is 6.01. The van der Waals surface area contributed by atoms with Gasteiger partial charge in [-0.05, 0) is 49.1 Å². The molecule has 2 rings (SSSR count). The monoisotopic (exact) mass is 242 g/mol. The summed E-state index contributed by atoms with van der Waals surface area (Å²) in [7, 11) is 0. The average Bonchev–Trinajstić information content (AvgIpc) is 2.36. The molecule has 0 amide bonds. The first-order valence-electron chi connectivity index (χ1n) is 6.01. The molecule has 2 N–H and O–H groups in total. The number of hydrogen-bond acceptors (Lipinski definition) is 3. The maximum Gasteiger partial charge on any atom is 0.219 e. The molecule has 0 unspecified atom stereocenters. The van der Waals surface area contributed by atoms with E-state index in [2.05, 4.69) is 31.8 Å². The molecular weight excluding hydrogens is 224 g/mol. The molecule has 0 saturated carbocycles. The van der Waals surface area contributed by atoms with Crippen molar-refractivity contribution in [1.29, 1.82) is 0 Å². The molecule has 0 atom stereocenters. The molecule has 1 aromatic heterocycles. The maximum absolute atomic E-state index is 5.82. The molecule has 2 aromatic rings. The standard InChI is InChI=1S/C15H18N2O/c1-10-6-11(2)12(3)14(7-10)18-15-5-4-13(8-16)9-17-15/h4-7,9H,8,16H2,1-3H3. The van der Waals surface area contributed by atoms with Crippen LogP contribution in [0.3, 0.4) is 0 Å². The molecule has 0 spiro atoms. The number of ether oxygens (including phenoxy) is 1. The summed E-state index contributed by atoms with van der Waals surface area (Å²) < 4.78 is 5.82. The van der Waals surface area contributed by atoms with Gasteiger partial charge >= 0.3 is 0 Å². The highest BCUT2D eigenvalue weighted by molar-refractivity contribution is 5.43. The Labute approximate surface area is 108 Å². The van der Waals surface area contributed by atoms with E-state index >= 15 is 0 Å². The molecule has 94 valence electrons. The minimum absolute atomic E-state index is 0.496. The topological polar surface area (TPSA) is 48.1 Å². The molecule has 18 heavy (non-hydrogen) atoms. The lowest BCUT2D eigenvalue weighted by molar-refractivity contribution is 0.458. The second-order valence-corrected chi connectivity index (χ2v) is 4.52. The average molecular weight is 242 g/mol. The molecule has 0 fully saturated rings. The van der Waals surface area contributed by atoms with Gasteiger partial charge in [0.15, 0.2) is 0 Å². The summed E-state index contributed by atoms with van der Waals surface area (Å²) in [6.07, 6.45) is 1.74. The molecule has 3 nitrogen and oxygen atoms in total. The Bertz CT molecular complexity index is 547. The normalized spacial score (nSPS) is 10.4. The summed E-state index contributed by atoms with van der Waals surface area (Å²) in [5, 5.41) is 0. The largest absolute Gasteiger partial charge is 0.439 e. The predicted molar refractivity (Wildman–Crippen MR) is 72.9 cm³/mol. The van der Waals surface area contributed by atoms with Crippen molar-refractivity contribution < 1.29 is 4.74 Å². The Morgan fingerprint density at radius 3 is 2.56 bits per heavy atom.